The second kappa shape index (κ2) is 4.95. The zero-order valence-electron chi connectivity index (χ0n) is 8.82. The van der Waals surface area contributed by atoms with Crippen molar-refractivity contribution in [3.05, 3.63) is 20.8 Å². The second-order valence-electron chi connectivity index (χ2n) is 4.21. The summed E-state index contributed by atoms with van der Waals surface area (Å²) in [6.07, 6.45) is 3.12. The van der Waals surface area contributed by atoms with Gasteiger partial charge in [-0.1, -0.05) is 0 Å². The van der Waals surface area contributed by atoms with E-state index in [-0.39, 0.29) is 6.10 Å². The SMILES string of the molecule is CN(Cc1cc(Br)cs1)C1CCCC1O. The summed E-state index contributed by atoms with van der Waals surface area (Å²) in [6, 6.07) is 2.51. The number of aliphatic hydroxyl groups excluding tert-OH is 1. The van der Waals surface area contributed by atoms with Crippen molar-refractivity contribution in [1.29, 1.82) is 0 Å². The summed E-state index contributed by atoms with van der Waals surface area (Å²) in [5, 5.41) is 11.9. The summed E-state index contributed by atoms with van der Waals surface area (Å²) in [4.78, 5) is 3.62. The van der Waals surface area contributed by atoms with Crippen LogP contribution in [0.3, 0.4) is 0 Å². The molecule has 1 N–H and O–H groups in total. The molecular weight excluding hydrogens is 274 g/mol. The lowest BCUT2D eigenvalue weighted by molar-refractivity contribution is 0.0830. The quantitative estimate of drug-likeness (QED) is 0.925. The van der Waals surface area contributed by atoms with Gasteiger partial charge in [-0.2, -0.15) is 0 Å². The first-order chi connectivity index (χ1) is 7.16. The van der Waals surface area contributed by atoms with Crippen LogP contribution in [0.15, 0.2) is 15.9 Å². The fourth-order valence-corrected chi connectivity index (χ4v) is 3.75. The van der Waals surface area contributed by atoms with Gasteiger partial charge in [-0.3, -0.25) is 4.90 Å². The fourth-order valence-electron chi connectivity index (χ4n) is 2.23. The summed E-state index contributed by atoms with van der Waals surface area (Å²) in [5.41, 5.74) is 0. The Morgan fingerprint density at radius 2 is 2.40 bits per heavy atom. The van der Waals surface area contributed by atoms with Gasteiger partial charge in [0.1, 0.15) is 0 Å². The first-order valence-corrected chi connectivity index (χ1v) is 6.95. The maximum absolute atomic E-state index is 9.80. The van der Waals surface area contributed by atoms with Crippen LogP contribution in [0.2, 0.25) is 0 Å². The largest absolute Gasteiger partial charge is 0.391 e. The molecule has 84 valence electrons. The molecule has 4 heteroatoms. The molecular formula is C11H16BrNOS. The van der Waals surface area contributed by atoms with Crippen LogP contribution in [-0.2, 0) is 6.54 Å². The van der Waals surface area contributed by atoms with Crippen molar-refractivity contribution in [2.45, 2.75) is 38.0 Å². The highest BCUT2D eigenvalue weighted by molar-refractivity contribution is 9.10. The molecule has 0 aromatic carbocycles. The van der Waals surface area contributed by atoms with Crippen LogP contribution in [-0.4, -0.2) is 29.2 Å². The number of nitrogens with zero attached hydrogens (tertiary/aromatic N) is 1. The van der Waals surface area contributed by atoms with Gasteiger partial charge in [-0.05, 0) is 48.3 Å². The molecule has 2 nitrogen and oxygen atoms in total. The van der Waals surface area contributed by atoms with Crippen LogP contribution in [0.25, 0.3) is 0 Å². The molecule has 1 aromatic rings. The van der Waals surface area contributed by atoms with Crippen molar-refractivity contribution in [2.24, 2.45) is 0 Å². The molecule has 2 unspecified atom stereocenters. The van der Waals surface area contributed by atoms with Crippen molar-refractivity contribution in [3.63, 3.8) is 0 Å². The van der Waals surface area contributed by atoms with E-state index in [1.807, 2.05) is 0 Å². The Morgan fingerprint density at radius 3 is 2.93 bits per heavy atom. The summed E-state index contributed by atoms with van der Waals surface area (Å²) < 4.78 is 1.16. The van der Waals surface area contributed by atoms with Crippen LogP contribution in [0.5, 0.6) is 0 Å². The molecule has 0 aliphatic heterocycles. The van der Waals surface area contributed by atoms with Crippen molar-refractivity contribution in [2.75, 3.05) is 7.05 Å². The molecule has 15 heavy (non-hydrogen) atoms. The van der Waals surface area contributed by atoms with Crippen molar-refractivity contribution >= 4 is 27.3 Å². The standard InChI is InChI=1S/C11H16BrNOS/c1-13(10-3-2-4-11(10)14)6-9-5-8(12)7-15-9/h5,7,10-11,14H,2-4,6H2,1H3. The maximum Gasteiger partial charge on any atom is 0.0695 e. The Morgan fingerprint density at radius 1 is 1.60 bits per heavy atom. The van der Waals surface area contributed by atoms with Gasteiger partial charge in [0.2, 0.25) is 0 Å². The van der Waals surface area contributed by atoms with E-state index in [0.717, 1.165) is 30.3 Å². The summed E-state index contributed by atoms with van der Waals surface area (Å²) in [7, 11) is 2.10. The molecule has 1 aliphatic carbocycles. The highest BCUT2D eigenvalue weighted by Crippen LogP contribution is 2.26. The first kappa shape index (κ1) is 11.6. The topological polar surface area (TPSA) is 23.5 Å². The minimum atomic E-state index is -0.126. The average molecular weight is 290 g/mol. The molecule has 1 heterocycles. The average Bonchev–Trinajstić information content (AvgIpc) is 2.75. The molecule has 1 saturated carbocycles. The van der Waals surface area contributed by atoms with E-state index >= 15 is 0 Å². The number of aliphatic hydroxyl groups is 1. The van der Waals surface area contributed by atoms with Gasteiger partial charge in [0, 0.05) is 27.3 Å². The van der Waals surface area contributed by atoms with Crippen molar-refractivity contribution < 1.29 is 5.11 Å². The Labute approximate surface area is 103 Å². The number of thiophene rings is 1. The Kier molecular flexibility index (Phi) is 3.83. The number of hydrogen-bond donors (Lipinski definition) is 1. The third-order valence-corrected chi connectivity index (χ3v) is 4.72. The molecule has 0 amide bonds. The molecule has 0 saturated heterocycles. The highest BCUT2D eigenvalue weighted by atomic mass is 79.9. The van der Waals surface area contributed by atoms with E-state index in [1.54, 1.807) is 11.3 Å². The Balaban J connectivity index is 1.94. The minimum Gasteiger partial charge on any atom is -0.391 e. The second-order valence-corrected chi connectivity index (χ2v) is 6.12. The van der Waals surface area contributed by atoms with E-state index in [9.17, 15) is 5.11 Å². The molecule has 0 spiro atoms. The molecule has 1 aliphatic rings. The van der Waals surface area contributed by atoms with E-state index in [4.69, 9.17) is 0 Å². The molecule has 1 aromatic heterocycles. The van der Waals surface area contributed by atoms with Crippen LogP contribution in [0.4, 0.5) is 0 Å². The number of likely N-dealkylation sites (N-methyl/N-ethyl adjacent to an activating group) is 1. The summed E-state index contributed by atoms with van der Waals surface area (Å²) >= 11 is 5.23. The zero-order chi connectivity index (χ0) is 10.8. The van der Waals surface area contributed by atoms with E-state index < -0.39 is 0 Å². The molecule has 2 rings (SSSR count). The van der Waals surface area contributed by atoms with Gasteiger partial charge >= 0.3 is 0 Å². The van der Waals surface area contributed by atoms with Crippen molar-refractivity contribution in [1.82, 2.24) is 4.90 Å². The lowest BCUT2D eigenvalue weighted by Crippen LogP contribution is -2.36. The number of hydrogen-bond acceptors (Lipinski definition) is 3. The Hall–Kier alpha value is 0.1000. The minimum absolute atomic E-state index is 0.126. The van der Waals surface area contributed by atoms with Crippen molar-refractivity contribution in [3.8, 4) is 0 Å². The van der Waals surface area contributed by atoms with E-state index in [2.05, 4.69) is 39.3 Å². The molecule has 1 fully saturated rings. The van der Waals surface area contributed by atoms with Gasteiger partial charge in [0.15, 0.2) is 0 Å². The van der Waals surface area contributed by atoms with Gasteiger partial charge in [-0.25, -0.2) is 0 Å². The van der Waals surface area contributed by atoms with Crippen LogP contribution in [0, 0.1) is 0 Å². The van der Waals surface area contributed by atoms with Crippen LogP contribution >= 0.6 is 27.3 Å². The third-order valence-electron chi connectivity index (χ3n) is 3.04. The summed E-state index contributed by atoms with van der Waals surface area (Å²) in [5.74, 6) is 0. The Bertz CT molecular complexity index is 328. The van der Waals surface area contributed by atoms with Gasteiger partial charge < -0.3 is 5.11 Å². The number of halogens is 1. The zero-order valence-corrected chi connectivity index (χ0v) is 11.2. The molecule has 2 atom stereocenters. The number of rotatable bonds is 3. The van der Waals surface area contributed by atoms with Crippen LogP contribution < -0.4 is 0 Å². The predicted molar refractivity (Wildman–Crippen MR) is 67.1 cm³/mol. The molecule has 0 radical (unpaired) electrons. The first-order valence-electron chi connectivity index (χ1n) is 5.28. The summed E-state index contributed by atoms with van der Waals surface area (Å²) in [6.45, 7) is 0.942. The maximum atomic E-state index is 9.80. The fraction of sp³-hybridized carbons (Fsp3) is 0.636. The highest BCUT2D eigenvalue weighted by Gasteiger charge is 2.28. The lowest BCUT2D eigenvalue weighted by Gasteiger charge is -2.26. The van der Waals surface area contributed by atoms with Gasteiger partial charge in [0.25, 0.3) is 0 Å². The monoisotopic (exact) mass is 289 g/mol. The van der Waals surface area contributed by atoms with E-state index in [1.165, 1.54) is 4.88 Å². The lowest BCUT2D eigenvalue weighted by atomic mass is 10.2. The third kappa shape index (κ3) is 2.81. The van der Waals surface area contributed by atoms with E-state index in [0.29, 0.717) is 6.04 Å². The smallest absolute Gasteiger partial charge is 0.0695 e. The predicted octanol–water partition coefficient (Wildman–Crippen LogP) is 2.86. The normalized spacial score (nSPS) is 26.4. The van der Waals surface area contributed by atoms with Gasteiger partial charge in [0.05, 0.1) is 6.10 Å². The molecule has 0 bridgehead atoms. The van der Waals surface area contributed by atoms with Gasteiger partial charge in [-0.15, -0.1) is 11.3 Å². The van der Waals surface area contributed by atoms with Crippen LogP contribution in [0.1, 0.15) is 24.1 Å².